The zero-order chi connectivity index (χ0) is 21.4. The summed E-state index contributed by atoms with van der Waals surface area (Å²) in [5, 5.41) is 0. The van der Waals surface area contributed by atoms with Crippen molar-refractivity contribution >= 4 is 15.7 Å². The van der Waals surface area contributed by atoms with Crippen LogP contribution in [0, 0.1) is 5.92 Å². The predicted molar refractivity (Wildman–Crippen MR) is 103 cm³/mol. The van der Waals surface area contributed by atoms with Crippen LogP contribution in [0.4, 0.5) is 13.2 Å². The van der Waals surface area contributed by atoms with Crippen molar-refractivity contribution in [1.82, 2.24) is 4.90 Å². The smallest absolute Gasteiger partial charge is 0.338 e. The Morgan fingerprint density at radius 2 is 1.69 bits per heavy atom. The molecule has 0 N–H and O–H groups in total. The fraction of sp³-hybridized carbons (Fsp3) is 0.381. The first-order chi connectivity index (χ1) is 13.4. The molecule has 156 valence electrons. The standard InChI is InChI=1S/C21H22F3NO3S/c1-20(2,29(27,28)18-10-6-9-16(11-18)21(22,23)24)17-12-19(26)25(14-17)13-15-7-4-3-5-8-15/h3-11,17H,12-14H2,1-2H3. The first-order valence-electron chi connectivity index (χ1n) is 9.16. The van der Waals surface area contributed by atoms with E-state index in [-0.39, 0.29) is 23.8 Å². The van der Waals surface area contributed by atoms with Gasteiger partial charge in [-0.3, -0.25) is 4.79 Å². The molecular formula is C21H22F3NO3S. The molecule has 1 aliphatic rings. The Kier molecular flexibility index (Phi) is 5.51. The molecule has 0 saturated carbocycles. The summed E-state index contributed by atoms with van der Waals surface area (Å²) in [6.45, 7) is 3.56. The van der Waals surface area contributed by atoms with Gasteiger partial charge in [0.1, 0.15) is 0 Å². The molecule has 1 aliphatic heterocycles. The van der Waals surface area contributed by atoms with Crippen LogP contribution in [0.2, 0.25) is 0 Å². The number of hydrogen-bond acceptors (Lipinski definition) is 3. The van der Waals surface area contributed by atoms with Crippen molar-refractivity contribution in [3.63, 3.8) is 0 Å². The SMILES string of the molecule is CC(C)(C1CC(=O)N(Cc2ccccc2)C1)S(=O)(=O)c1cccc(C(F)(F)F)c1. The lowest BCUT2D eigenvalue weighted by molar-refractivity contribution is -0.137. The van der Waals surface area contributed by atoms with Gasteiger partial charge >= 0.3 is 6.18 Å². The van der Waals surface area contributed by atoms with E-state index in [1.165, 1.54) is 19.9 Å². The number of alkyl halides is 3. The number of carbonyl (C=O) groups is 1. The highest BCUT2D eigenvalue weighted by atomic mass is 32.2. The van der Waals surface area contributed by atoms with Crippen LogP contribution in [0.25, 0.3) is 0 Å². The van der Waals surface area contributed by atoms with E-state index < -0.39 is 32.2 Å². The van der Waals surface area contributed by atoms with E-state index in [4.69, 9.17) is 0 Å². The third-order valence-electron chi connectivity index (χ3n) is 5.58. The van der Waals surface area contributed by atoms with E-state index in [1.807, 2.05) is 30.3 Å². The normalized spacial score (nSPS) is 18.3. The van der Waals surface area contributed by atoms with E-state index in [2.05, 4.69) is 0 Å². The Morgan fingerprint density at radius 3 is 2.31 bits per heavy atom. The molecule has 0 spiro atoms. The molecule has 0 aliphatic carbocycles. The van der Waals surface area contributed by atoms with Crippen LogP contribution in [-0.4, -0.2) is 30.5 Å². The molecule has 1 amide bonds. The Bertz CT molecular complexity index is 1000. The van der Waals surface area contributed by atoms with Crippen molar-refractivity contribution in [2.45, 2.75) is 42.6 Å². The van der Waals surface area contributed by atoms with E-state index in [0.29, 0.717) is 12.6 Å². The molecule has 8 heteroatoms. The fourth-order valence-corrected chi connectivity index (χ4v) is 5.30. The summed E-state index contributed by atoms with van der Waals surface area (Å²) in [6, 6.07) is 13.1. The van der Waals surface area contributed by atoms with Crippen LogP contribution in [-0.2, 0) is 27.4 Å². The number of nitrogens with zero attached hydrogens (tertiary/aromatic N) is 1. The zero-order valence-corrected chi connectivity index (χ0v) is 16.9. The maximum Gasteiger partial charge on any atom is 0.416 e. The number of benzene rings is 2. The monoisotopic (exact) mass is 425 g/mol. The molecule has 3 rings (SSSR count). The van der Waals surface area contributed by atoms with Gasteiger partial charge < -0.3 is 4.90 Å². The Hall–Kier alpha value is -2.35. The Labute approximate surface area is 168 Å². The molecule has 2 aromatic carbocycles. The van der Waals surface area contributed by atoms with Gasteiger partial charge in [-0.2, -0.15) is 13.2 Å². The van der Waals surface area contributed by atoms with Gasteiger partial charge in [-0.1, -0.05) is 36.4 Å². The molecular weight excluding hydrogens is 403 g/mol. The van der Waals surface area contributed by atoms with Gasteiger partial charge in [0.15, 0.2) is 9.84 Å². The van der Waals surface area contributed by atoms with E-state index in [1.54, 1.807) is 4.90 Å². The molecule has 1 unspecified atom stereocenters. The predicted octanol–water partition coefficient (Wildman–Crippen LogP) is 4.31. The Morgan fingerprint density at radius 1 is 1.03 bits per heavy atom. The second kappa shape index (κ2) is 7.48. The van der Waals surface area contributed by atoms with Crippen molar-refractivity contribution in [3.05, 3.63) is 65.7 Å². The van der Waals surface area contributed by atoms with Crippen LogP contribution in [0.1, 0.15) is 31.4 Å². The topological polar surface area (TPSA) is 54.5 Å². The summed E-state index contributed by atoms with van der Waals surface area (Å²) in [7, 11) is -4.10. The summed E-state index contributed by atoms with van der Waals surface area (Å²) in [6.07, 6.45) is -4.59. The third-order valence-corrected chi connectivity index (χ3v) is 8.17. The number of carbonyl (C=O) groups excluding carboxylic acids is 1. The minimum Gasteiger partial charge on any atom is -0.338 e. The number of sulfone groups is 1. The van der Waals surface area contributed by atoms with E-state index in [9.17, 15) is 26.4 Å². The lowest BCUT2D eigenvalue weighted by Gasteiger charge is -2.31. The summed E-state index contributed by atoms with van der Waals surface area (Å²) < 4.78 is 64.0. The average molecular weight is 425 g/mol. The third kappa shape index (κ3) is 4.17. The first-order valence-corrected chi connectivity index (χ1v) is 10.6. The highest BCUT2D eigenvalue weighted by molar-refractivity contribution is 7.92. The lowest BCUT2D eigenvalue weighted by atomic mass is 9.94. The molecule has 0 bridgehead atoms. The fourth-order valence-electron chi connectivity index (χ4n) is 3.56. The highest BCUT2D eigenvalue weighted by Gasteiger charge is 2.48. The van der Waals surface area contributed by atoms with Gasteiger partial charge in [0, 0.05) is 25.4 Å². The van der Waals surface area contributed by atoms with Crippen LogP contribution in [0.5, 0.6) is 0 Å². The van der Waals surface area contributed by atoms with Crippen LogP contribution < -0.4 is 0 Å². The van der Waals surface area contributed by atoms with Crippen LogP contribution in [0.15, 0.2) is 59.5 Å². The van der Waals surface area contributed by atoms with Gasteiger partial charge in [0.2, 0.25) is 5.91 Å². The van der Waals surface area contributed by atoms with Crippen molar-refractivity contribution in [2.24, 2.45) is 5.92 Å². The number of amides is 1. The van der Waals surface area contributed by atoms with Crippen molar-refractivity contribution in [3.8, 4) is 0 Å². The molecule has 1 heterocycles. The second-order valence-electron chi connectivity index (χ2n) is 7.79. The van der Waals surface area contributed by atoms with Gasteiger partial charge in [0.05, 0.1) is 15.2 Å². The molecule has 4 nitrogen and oxygen atoms in total. The molecule has 0 aromatic heterocycles. The number of hydrogen-bond donors (Lipinski definition) is 0. The van der Waals surface area contributed by atoms with Crippen molar-refractivity contribution < 1.29 is 26.4 Å². The van der Waals surface area contributed by atoms with E-state index in [0.717, 1.165) is 17.7 Å². The highest BCUT2D eigenvalue weighted by Crippen LogP contribution is 2.39. The molecule has 1 saturated heterocycles. The average Bonchev–Trinajstić information content (AvgIpc) is 3.03. The van der Waals surface area contributed by atoms with Crippen LogP contribution in [0.3, 0.4) is 0 Å². The molecule has 29 heavy (non-hydrogen) atoms. The van der Waals surface area contributed by atoms with Gasteiger partial charge in [-0.25, -0.2) is 8.42 Å². The number of rotatable bonds is 5. The van der Waals surface area contributed by atoms with E-state index >= 15 is 0 Å². The number of halogens is 3. The van der Waals surface area contributed by atoms with Crippen LogP contribution >= 0.6 is 0 Å². The molecule has 2 aromatic rings. The summed E-state index contributed by atoms with van der Waals surface area (Å²) in [4.78, 5) is 13.7. The maximum atomic E-state index is 13.2. The Balaban J connectivity index is 1.85. The second-order valence-corrected chi connectivity index (χ2v) is 10.3. The first kappa shape index (κ1) is 21.4. The summed E-state index contributed by atoms with van der Waals surface area (Å²) >= 11 is 0. The van der Waals surface area contributed by atoms with Gasteiger partial charge in [0.25, 0.3) is 0 Å². The van der Waals surface area contributed by atoms with Gasteiger partial charge in [-0.05, 0) is 37.6 Å². The van der Waals surface area contributed by atoms with Crippen molar-refractivity contribution in [2.75, 3.05) is 6.54 Å². The quantitative estimate of drug-likeness (QED) is 0.718. The lowest BCUT2D eigenvalue weighted by Crippen LogP contribution is -2.41. The molecule has 1 fully saturated rings. The maximum absolute atomic E-state index is 13.2. The molecule has 0 radical (unpaired) electrons. The summed E-state index contributed by atoms with van der Waals surface area (Å²) in [5.41, 5.74) is -0.0809. The van der Waals surface area contributed by atoms with Gasteiger partial charge in [-0.15, -0.1) is 0 Å². The zero-order valence-electron chi connectivity index (χ0n) is 16.1. The summed E-state index contributed by atoms with van der Waals surface area (Å²) in [5.74, 6) is -0.690. The minimum absolute atomic E-state index is 0.0397. The minimum atomic E-state index is -4.63. The van der Waals surface area contributed by atoms with Crippen molar-refractivity contribution in [1.29, 1.82) is 0 Å². The molecule has 1 atom stereocenters. The number of likely N-dealkylation sites (tertiary alicyclic amines) is 1. The largest absolute Gasteiger partial charge is 0.416 e.